The monoisotopic (exact) mass is 336 g/mol. The van der Waals surface area contributed by atoms with Gasteiger partial charge in [-0.05, 0) is 49.8 Å². The van der Waals surface area contributed by atoms with Crippen LogP contribution < -0.4 is 5.32 Å². The molecule has 1 aromatic carbocycles. The number of carbonyl (C=O) groups excluding carboxylic acids is 2. The maximum atomic E-state index is 12.6. The fraction of sp³-hybridized carbons (Fsp3) is 0.500. The maximum absolute atomic E-state index is 12.6. The van der Waals surface area contributed by atoms with Crippen LogP contribution in [0.25, 0.3) is 0 Å². The molecule has 0 unspecified atom stereocenters. The largest absolute Gasteiger partial charge is 0.325 e. The van der Waals surface area contributed by atoms with E-state index in [1.807, 2.05) is 0 Å². The van der Waals surface area contributed by atoms with Crippen molar-refractivity contribution in [2.24, 2.45) is 5.92 Å². The Labute approximate surface area is 135 Å². The highest BCUT2D eigenvalue weighted by Crippen LogP contribution is 2.42. The first kappa shape index (κ1) is 16.0. The smallest absolute Gasteiger partial charge is 0.323 e. The number of urea groups is 1. The zero-order valence-electron chi connectivity index (χ0n) is 13.4. The summed E-state index contributed by atoms with van der Waals surface area (Å²) in [5.74, 6) is 0.0214. The van der Waals surface area contributed by atoms with Crippen molar-refractivity contribution in [1.29, 1.82) is 0 Å². The predicted octanol–water partition coefficient (Wildman–Crippen LogP) is 1.62. The van der Waals surface area contributed by atoms with E-state index in [2.05, 4.69) is 5.32 Å². The Morgan fingerprint density at radius 1 is 1.30 bits per heavy atom. The fourth-order valence-corrected chi connectivity index (χ4v) is 4.16. The van der Waals surface area contributed by atoms with Crippen molar-refractivity contribution in [3.63, 3.8) is 0 Å². The first-order chi connectivity index (χ1) is 10.6. The van der Waals surface area contributed by atoms with Crippen molar-refractivity contribution in [1.82, 2.24) is 10.2 Å². The quantitative estimate of drug-likeness (QED) is 0.847. The molecule has 23 heavy (non-hydrogen) atoms. The van der Waals surface area contributed by atoms with Gasteiger partial charge in [0, 0.05) is 6.26 Å². The molecule has 3 amide bonds. The highest BCUT2D eigenvalue weighted by Gasteiger charge is 2.55. The second-order valence-electron chi connectivity index (χ2n) is 6.67. The van der Waals surface area contributed by atoms with Crippen LogP contribution in [0.5, 0.6) is 0 Å². The Morgan fingerprint density at radius 3 is 2.48 bits per heavy atom. The standard InChI is InChI=1S/C16H20N2O4S/c1-10-8-11(4-7-13(10)23(3,21)22)9-18-14(19)16(2,12-5-6-12)17-15(18)20/h4,7-8,12H,5-6,9H2,1-3H3,(H,17,20)/t16-/m0/s1. The van der Waals surface area contributed by atoms with Crippen LogP contribution in [0.4, 0.5) is 4.79 Å². The van der Waals surface area contributed by atoms with Crippen LogP contribution >= 0.6 is 0 Å². The van der Waals surface area contributed by atoms with Crippen molar-refractivity contribution >= 4 is 21.8 Å². The molecule has 0 bridgehead atoms. The van der Waals surface area contributed by atoms with Gasteiger partial charge in [-0.25, -0.2) is 13.2 Å². The SMILES string of the molecule is Cc1cc(CN2C(=O)N[C@@](C)(C3CC3)C2=O)ccc1S(C)(=O)=O. The van der Waals surface area contributed by atoms with Gasteiger partial charge < -0.3 is 5.32 Å². The van der Waals surface area contributed by atoms with E-state index in [-0.39, 0.29) is 29.3 Å². The van der Waals surface area contributed by atoms with Crippen molar-refractivity contribution in [3.05, 3.63) is 29.3 Å². The van der Waals surface area contributed by atoms with E-state index in [9.17, 15) is 18.0 Å². The highest BCUT2D eigenvalue weighted by molar-refractivity contribution is 7.90. The molecule has 124 valence electrons. The summed E-state index contributed by atoms with van der Waals surface area (Å²) in [5.41, 5.74) is 0.555. The van der Waals surface area contributed by atoms with Gasteiger partial charge in [-0.1, -0.05) is 12.1 Å². The first-order valence-electron chi connectivity index (χ1n) is 7.56. The molecule has 1 aliphatic heterocycles. The Bertz CT molecular complexity index is 798. The van der Waals surface area contributed by atoms with E-state index in [1.54, 1.807) is 26.0 Å². The molecule has 6 nitrogen and oxygen atoms in total. The number of carbonyl (C=O) groups is 2. The van der Waals surface area contributed by atoms with Crippen LogP contribution in [-0.2, 0) is 21.2 Å². The molecule has 1 N–H and O–H groups in total. The van der Waals surface area contributed by atoms with Gasteiger partial charge in [-0.15, -0.1) is 0 Å². The van der Waals surface area contributed by atoms with Crippen molar-refractivity contribution in [2.75, 3.05) is 6.26 Å². The van der Waals surface area contributed by atoms with E-state index in [1.165, 1.54) is 11.0 Å². The molecule has 0 aromatic heterocycles. The minimum absolute atomic E-state index is 0.151. The fourth-order valence-electron chi connectivity index (χ4n) is 3.21. The molecule has 0 radical (unpaired) electrons. The van der Waals surface area contributed by atoms with E-state index in [0.717, 1.165) is 24.7 Å². The van der Waals surface area contributed by atoms with Gasteiger partial charge in [0.1, 0.15) is 5.54 Å². The van der Waals surface area contributed by atoms with E-state index < -0.39 is 15.4 Å². The number of rotatable bonds is 4. The van der Waals surface area contributed by atoms with Crippen LogP contribution in [-0.4, -0.2) is 37.1 Å². The number of sulfone groups is 1. The van der Waals surface area contributed by atoms with Crippen LogP contribution in [0.3, 0.4) is 0 Å². The van der Waals surface area contributed by atoms with Gasteiger partial charge in [0.25, 0.3) is 5.91 Å². The van der Waals surface area contributed by atoms with Gasteiger partial charge in [0.05, 0.1) is 11.4 Å². The molecule has 1 atom stereocenters. The molecule has 7 heteroatoms. The third kappa shape index (κ3) is 2.73. The predicted molar refractivity (Wildman–Crippen MR) is 84.5 cm³/mol. The lowest BCUT2D eigenvalue weighted by molar-refractivity contribution is -0.131. The number of benzene rings is 1. The highest BCUT2D eigenvalue weighted by atomic mass is 32.2. The van der Waals surface area contributed by atoms with Gasteiger partial charge in [-0.3, -0.25) is 9.69 Å². The third-order valence-electron chi connectivity index (χ3n) is 4.67. The summed E-state index contributed by atoms with van der Waals surface area (Å²) in [6.07, 6.45) is 3.07. The molecule has 1 aromatic rings. The molecule has 0 spiro atoms. The molecule has 2 aliphatic rings. The normalized spacial score (nSPS) is 24.9. The zero-order valence-corrected chi connectivity index (χ0v) is 14.2. The summed E-state index contributed by atoms with van der Waals surface area (Å²) in [6.45, 7) is 3.64. The van der Waals surface area contributed by atoms with Crippen LogP contribution in [0.1, 0.15) is 30.9 Å². The van der Waals surface area contributed by atoms with Crippen LogP contribution in [0.2, 0.25) is 0 Å². The molecule has 1 saturated heterocycles. The lowest BCUT2D eigenvalue weighted by Crippen LogP contribution is -2.46. The number of hydrogen-bond donors (Lipinski definition) is 1. The topological polar surface area (TPSA) is 83.6 Å². The molecule has 3 rings (SSSR count). The van der Waals surface area contributed by atoms with Gasteiger partial charge in [0.2, 0.25) is 0 Å². The van der Waals surface area contributed by atoms with Crippen molar-refractivity contribution < 1.29 is 18.0 Å². The number of aryl methyl sites for hydroxylation is 1. The second kappa shape index (κ2) is 5.06. The minimum Gasteiger partial charge on any atom is -0.323 e. The molecule has 1 saturated carbocycles. The van der Waals surface area contributed by atoms with Gasteiger partial charge in [0.15, 0.2) is 9.84 Å². The van der Waals surface area contributed by atoms with E-state index in [4.69, 9.17) is 0 Å². The number of nitrogens with one attached hydrogen (secondary N) is 1. The summed E-state index contributed by atoms with van der Waals surface area (Å²) < 4.78 is 23.3. The first-order valence-corrected chi connectivity index (χ1v) is 9.46. The van der Waals surface area contributed by atoms with Crippen molar-refractivity contribution in [2.45, 2.75) is 43.7 Å². The molecular weight excluding hydrogens is 316 g/mol. The Balaban J connectivity index is 1.84. The average Bonchev–Trinajstić information content (AvgIpc) is 3.24. The number of hydrogen-bond acceptors (Lipinski definition) is 4. The van der Waals surface area contributed by atoms with E-state index >= 15 is 0 Å². The summed E-state index contributed by atoms with van der Waals surface area (Å²) >= 11 is 0. The van der Waals surface area contributed by atoms with Crippen LogP contribution in [0.15, 0.2) is 23.1 Å². The average molecular weight is 336 g/mol. The van der Waals surface area contributed by atoms with Crippen molar-refractivity contribution in [3.8, 4) is 0 Å². The maximum Gasteiger partial charge on any atom is 0.325 e. The Hall–Kier alpha value is -1.89. The lowest BCUT2D eigenvalue weighted by Gasteiger charge is -2.21. The Morgan fingerprint density at radius 2 is 1.96 bits per heavy atom. The van der Waals surface area contributed by atoms with Gasteiger partial charge in [-0.2, -0.15) is 0 Å². The number of imide groups is 1. The zero-order chi connectivity index (χ0) is 17.0. The number of amides is 3. The minimum atomic E-state index is -3.28. The van der Waals surface area contributed by atoms with Crippen LogP contribution in [0, 0.1) is 12.8 Å². The van der Waals surface area contributed by atoms with E-state index in [0.29, 0.717) is 5.56 Å². The number of nitrogens with zero attached hydrogens (tertiary/aromatic N) is 1. The third-order valence-corrected chi connectivity index (χ3v) is 5.93. The molecular formula is C16H20N2O4S. The summed E-state index contributed by atoms with van der Waals surface area (Å²) in [7, 11) is -3.28. The summed E-state index contributed by atoms with van der Waals surface area (Å²) in [4.78, 5) is 26.2. The summed E-state index contributed by atoms with van der Waals surface area (Å²) in [6, 6.07) is 4.51. The molecule has 1 aliphatic carbocycles. The molecule has 1 heterocycles. The second-order valence-corrected chi connectivity index (χ2v) is 8.65. The van der Waals surface area contributed by atoms with Gasteiger partial charge >= 0.3 is 6.03 Å². The Kier molecular flexibility index (Phi) is 3.51. The lowest BCUT2D eigenvalue weighted by atomic mass is 9.96. The molecule has 2 fully saturated rings. The summed E-state index contributed by atoms with van der Waals surface area (Å²) in [5, 5.41) is 2.80.